The molecule has 2 saturated heterocycles. The number of amides is 1. The molecule has 2 heterocycles. The number of rotatable bonds is 7. The Kier molecular flexibility index (Phi) is 7.48. The Morgan fingerprint density at radius 1 is 0.765 bits per heavy atom. The maximum absolute atomic E-state index is 12.7. The second kappa shape index (κ2) is 10.4. The number of sulfonamides is 2. The first-order valence-corrected chi connectivity index (χ1v) is 13.9. The lowest BCUT2D eigenvalue weighted by Crippen LogP contribution is -2.40. The van der Waals surface area contributed by atoms with Crippen molar-refractivity contribution in [1.29, 1.82) is 0 Å². The summed E-state index contributed by atoms with van der Waals surface area (Å²) in [7, 11) is -7.06. The van der Waals surface area contributed by atoms with Gasteiger partial charge in [0, 0.05) is 37.9 Å². The van der Waals surface area contributed by atoms with E-state index < -0.39 is 20.0 Å². The summed E-state index contributed by atoms with van der Waals surface area (Å²) >= 11 is 0. The van der Waals surface area contributed by atoms with Crippen LogP contribution in [0.2, 0.25) is 0 Å². The number of hydrogen-bond acceptors (Lipinski definition) is 6. The molecule has 0 radical (unpaired) electrons. The van der Waals surface area contributed by atoms with E-state index in [1.807, 2.05) is 0 Å². The predicted octanol–water partition coefficient (Wildman–Crippen LogP) is 2.14. The molecule has 2 fully saturated rings. The molecule has 0 unspecified atom stereocenters. The zero-order valence-electron chi connectivity index (χ0n) is 18.6. The summed E-state index contributed by atoms with van der Waals surface area (Å²) in [6.07, 6.45) is 4.64. The number of ether oxygens (including phenoxy) is 1. The number of carbonyl (C=O) groups excluding carboxylic acids is 1. The minimum absolute atomic E-state index is 0.194. The molecule has 4 rings (SSSR count). The third kappa shape index (κ3) is 5.56. The second-order valence-corrected chi connectivity index (χ2v) is 11.9. The molecule has 9 nitrogen and oxygen atoms in total. The highest BCUT2D eigenvalue weighted by Crippen LogP contribution is 2.22. The molecule has 2 aliphatic rings. The minimum Gasteiger partial charge on any atom is -0.379 e. The lowest BCUT2D eigenvalue weighted by atomic mass is 10.2. The van der Waals surface area contributed by atoms with E-state index >= 15 is 0 Å². The van der Waals surface area contributed by atoms with Crippen LogP contribution in [-0.4, -0.2) is 70.7 Å². The van der Waals surface area contributed by atoms with Crippen LogP contribution >= 0.6 is 0 Å². The Balaban J connectivity index is 1.35. The van der Waals surface area contributed by atoms with Gasteiger partial charge in [-0.05, 0) is 60.9 Å². The van der Waals surface area contributed by atoms with Crippen LogP contribution in [0.25, 0.3) is 6.08 Å². The van der Waals surface area contributed by atoms with Crippen LogP contribution in [-0.2, 0) is 29.6 Å². The summed E-state index contributed by atoms with van der Waals surface area (Å²) in [6.45, 7) is 2.49. The van der Waals surface area contributed by atoms with Gasteiger partial charge in [0.1, 0.15) is 0 Å². The number of benzene rings is 2. The summed E-state index contributed by atoms with van der Waals surface area (Å²) in [5.74, 6) is -0.389. The average Bonchev–Trinajstić information content (AvgIpc) is 3.40. The van der Waals surface area contributed by atoms with Crippen LogP contribution in [0.15, 0.2) is 64.4 Å². The number of carbonyl (C=O) groups is 1. The fourth-order valence-electron chi connectivity index (χ4n) is 3.83. The normalized spacial score (nSPS) is 18.4. The van der Waals surface area contributed by atoms with E-state index in [1.54, 1.807) is 30.3 Å². The largest absolute Gasteiger partial charge is 0.379 e. The molecule has 2 aromatic rings. The second-order valence-electron chi connectivity index (χ2n) is 8.04. The van der Waals surface area contributed by atoms with Gasteiger partial charge < -0.3 is 10.1 Å². The quantitative estimate of drug-likeness (QED) is 0.577. The van der Waals surface area contributed by atoms with Crippen molar-refractivity contribution in [2.75, 3.05) is 44.7 Å². The molecule has 0 aliphatic carbocycles. The average molecular weight is 506 g/mol. The monoisotopic (exact) mass is 505 g/mol. The molecule has 0 aromatic heterocycles. The van der Waals surface area contributed by atoms with E-state index in [-0.39, 0.29) is 15.7 Å². The first kappa shape index (κ1) is 24.6. The third-order valence-electron chi connectivity index (χ3n) is 5.74. The van der Waals surface area contributed by atoms with E-state index in [0.717, 1.165) is 12.8 Å². The standard InChI is InChI=1S/C23H27N3O6S2/c27-23(24-20-6-10-22(11-7-20)33(28,29)25-13-1-2-14-25)12-5-19-3-8-21(9-4-19)34(30,31)26-15-17-32-18-16-26/h3-12H,1-2,13-18H2,(H,24,27). The molecule has 0 bridgehead atoms. The summed E-state index contributed by atoms with van der Waals surface area (Å²) in [6, 6.07) is 12.4. The molecule has 1 amide bonds. The third-order valence-corrected chi connectivity index (χ3v) is 9.57. The zero-order chi connectivity index (χ0) is 24.2. The molecule has 0 atom stereocenters. The Morgan fingerprint density at radius 3 is 1.82 bits per heavy atom. The summed E-state index contributed by atoms with van der Waals surface area (Å²) < 4.78 is 58.6. The van der Waals surface area contributed by atoms with Crippen LogP contribution in [0.4, 0.5) is 5.69 Å². The molecule has 2 aliphatic heterocycles. The molecule has 0 spiro atoms. The molecule has 0 saturated carbocycles. The van der Waals surface area contributed by atoms with E-state index in [0.29, 0.717) is 50.6 Å². The maximum Gasteiger partial charge on any atom is 0.248 e. The lowest BCUT2D eigenvalue weighted by molar-refractivity contribution is -0.111. The fourth-order valence-corrected chi connectivity index (χ4v) is 6.76. The van der Waals surface area contributed by atoms with Crippen LogP contribution in [0.1, 0.15) is 18.4 Å². The molecule has 11 heteroatoms. The number of nitrogens with zero attached hydrogens (tertiary/aromatic N) is 2. The van der Waals surface area contributed by atoms with Crippen LogP contribution in [0.3, 0.4) is 0 Å². The smallest absolute Gasteiger partial charge is 0.248 e. The Hall–Kier alpha value is -2.57. The van der Waals surface area contributed by atoms with Gasteiger partial charge in [-0.1, -0.05) is 12.1 Å². The van der Waals surface area contributed by atoms with Gasteiger partial charge in [0.05, 0.1) is 23.0 Å². The molecular weight excluding hydrogens is 478 g/mol. The topological polar surface area (TPSA) is 113 Å². The fraction of sp³-hybridized carbons (Fsp3) is 0.348. The van der Waals surface area contributed by atoms with E-state index in [2.05, 4.69) is 5.32 Å². The molecule has 182 valence electrons. The van der Waals surface area contributed by atoms with Crippen molar-refractivity contribution >= 4 is 37.7 Å². The SMILES string of the molecule is O=C(C=Cc1ccc(S(=O)(=O)N2CCOCC2)cc1)Nc1ccc(S(=O)(=O)N2CCCC2)cc1. The van der Waals surface area contributed by atoms with Gasteiger partial charge in [0.2, 0.25) is 26.0 Å². The van der Waals surface area contributed by atoms with Crippen molar-refractivity contribution in [1.82, 2.24) is 8.61 Å². The van der Waals surface area contributed by atoms with Crippen molar-refractivity contribution in [2.24, 2.45) is 0 Å². The number of anilines is 1. The lowest BCUT2D eigenvalue weighted by Gasteiger charge is -2.26. The van der Waals surface area contributed by atoms with Gasteiger partial charge in [-0.3, -0.25) is 4.79 Å². The Labute approximate surface area is 200 Å². The summed E-state index contributed by atoms with van der Waals surface area (Å²) in [4.78, 5) is 12.7. The first-order chi connectivity index (χ1) is 16.3. The van der Waals surface area contributed by atoms with Crippen molar-refractivity contribution in [3.63, 3.8) is 0 Å². The number of hydrogen-bond donors (Lipinski definition) is 1. The van der Waals surface area contributed by atoms with E-state index in [9.17, 15) is 21.6 Å². The highest BCUT2D eigenvalue weighted by Gasteiger charge is 2.27. The van der Waals surface area contributed by atoms with E-state index in [4.69, 9.17) is 4.74 Å². The molecule has 34 heavy (non-hydrogen) atoms. The van der Waals surface area contributed by atoms with Gasteiger partial charge in [-0.2, -0.15) is 8.61 Å². The van der Waals surface area contributed by atoms with Crippen molar-refractivity contribution in [3.05, 3.63) is 60.2 Å². The van der Waals surface area contributed by atoms with Gasteiger partial charge in [0.25, 0.3) is 0 Å². The van der Waals surface area contributed by atoms with Crippen molar-refractivity contribution in [2.45, 2.75) is 22.6 Å². The van der Waals surface area contributed by atoms with E-state index in [1.165, 1.54) is 39.0 Å². The highest BCUT2D eigenvalue weighted by atomic mass is 32.2. The first-order valence-electron chi connectivity index (χ1n) is 11.0. The minimum atomic E-state index is -3.57. The number of morpholine rings is 1. The van der Waals surface area contributed by atoms with Gasteiger partial charge in [-0.25, -0.2) is 16.8 Å². The summed E-state index contributed by atoms with van der Waals surface area (Å²) in [5, 5.41) is 2.69. The van der Waals surface area contributed by atoms with Crippen LogP contribution < -0.4 is 5.32 Å². The van der Waals surface area contributed by atoms with Crippen molar-refractivity contribution < 1.29 is 26.4 Å². The van der Waals surface area contributed by atoms with Gasteiger partial charge in [0.15, 0.2) is 0 Å². The zero-order valence-corrected chi connectivity index (χ0v) is 20.2. The van der Waals surface area contributed by atoms with Crippen LogP contribution in [0.5, 0.6) is 0 Å². The van der Waals surface area contributed by atoms with Crippen LogP contribution in [0, 0.1) is 0 Å². The van der Waals surface area contributed by atoms with Gasteiger partial charge in [-0.15, -0.1) is 0 Å². The predicted molar refractivity (Wildman–Crippen MR) is 128 cm³/mol. The Morgan fingerprint density at radius 2 is 1.26 bits per heavy atom. The molecule has 1 N–H and O–H groups in total. The summed E-state index contributed by atoms with van der Waals surface area (Å²) in [5.41, 5.74) is 1.14. The maximum atomic E-state index is 12.7. The molecule has 2 aromatic carbocycles. The van der Waals surface area contributed by atoms with Crippen molar-refractivity contribution in [3.8, 4) is 0 Å². The number of nitrogens with one attached hydrogen (secondary N) is 1. The highest BCUT2D eigenvalue weighted by molar-refractivity contribution is 7.89. The molecular formula is C23H27N3O6S2. The Bertz CT molecular complexity index is 1240. The van der Waals surface area contributed by atoms with Gasteiger partial charge >= 0.3 is 0 Å².